The molecule has 0 aliphatic carbocycles. The lowest BCUT2D eigenvalue weighted by Crippen LogP contribution is -2.54. The maximum atomic E-state index is 13.1. The quantitative estimate of drug-likeness (QED) is 0.157. The molecule has 4 rings (SSSR count). The van der Waals surface area contributed by atoms with Gasteiger partial charge in [0.2, 0.25) is 0 Å². The predicted octanol–water partition coefficient (Wildman–Crippen LogP) is 3.35. The van der Waals surface area contributed by atoms with Crippen LogP contribution in [-0.4, -0.2) is 38.3 Å². The number of methoxy groups -OCH3 is 1. The number of nitrogens with one attached hydrogen (secondary N) is 1. The van der Waals surface area contributed by atoms with Gasteiger partial charge in [0.25, 0.3) is 17.5 Å². The summed E-state index contributed by atoms with van der Waals surface area (Å²) < 4.78 is 35.8. The van der Waals surface area contributed by atoms with Crippen molar-refractivity contribution in [2.45, 2.75) is 11.8 Å². The molecule has 0 bridgehead atoms. The molecule has 0 radical (unpaired) electrons. The van der Waals surface area contributed by atoms with E-state index >= 15 is 0 Å². The second kappa shape index (κ2) is 10.1. The number of carbonyl (C=O) groups is 3. The Kier molecular flexibility index (Phi) is 6.95. The molecule has 0 saturated carbocycles. The molecule has 1 heterocycles. The fraction of sp³-hybridized carbons (Fsp3) is 0.0800. The standard InChI is InChI=1S/C25H19N3O9S/c1-15-3-10-19(11-4-15)38(34,35)37-21-12-5-16(14-22(21)36-2)13-20-23(29)26-25(31)27(24(20)30)17-6-8-18(9-7-17)28(32)33/h3-14H,1-2H3,(H,26,29,31)/b20-13+. The molecule has 3 aromatic rings. The average Bonchev–Trinajstić information content (AvgIpc) is 2.87. The second-order valence-electron chi connectivity index (χ2n) is 7.99. The summed E-state index contributed by atoms with van der Waals surface area (Å²) in [5, 5.41) is 12.9. The molecule has 1 N–H and O–H groups in total. The summed E-state index contributed by atoms with van der Waals surface area (Å²) in [6.45, 7) is 1.81. The van der Waals surface area contributed by atoms with Crippen molar-refractivity contribution in [3.63, 3.8) is 0 Å². The van der Waals surface area contributed by atoms with Gasteiger partial charge in [0.15, 0.2) is 11.5 Å². The number of anilines is 1. The van der Waals surface area contributed by atoms with E-state index < -0.39 is 38.5 Å². The zero-order valence-electron chi connectivity index (χ0n) is 19.9. The Labute approximate surface area is 216 Å². The van der Waals surface area contributed by atoms with Gasteiger partial charge in [-0.15, -0.1) is 0 Å². The van der Waals surface area contributed by atoms with E-state index in [0.29, 0.717) is 4.90 Å². The molecule has 0 atom stereocenters. The number of carbonyl (C=O) groups excluding carboxylic acids is 3. The number of rotatable bonds is 7. The molecule has 38 heavy (non-hydrogen) atoms. The Morgan fingerprint density at radius 2 is 1.61 bits per heavy atom. The van der Waals surface area contributed by atoms with Crippen LogP contribution in [0.5, 0.6) is 11.5 Å². The lowest BCUT2D eigenvalue weighted by atomic mass is 10.1. The van der Waals surface area contributed by atoms with Gasteiger partial charge in [-0.3, -0.25) is 25.0 Å². The van der Waals surface area contributed by atoms with Crippen LogP contribution in [0.3, 0.4) is 0 Å². The second-order valence-corrected chi connectivity index (χ2v) is 9.54. The van der Waals surface area contributed by atoms with Crippen LogP contribution < -0.4 is 19.1 Å². The maximum absolute atomic E-state index is 13.1. The molecular formula is C25H19N3O9S. The summed E-state index contributed by atoms with van der Waals surface area (Å²) in [5.74, 6) is -2.05. The number of aryl methyl sites for hydroxylation is 1. The topological polar surface area (TPSA) is 162 Å². The van der Waals surface area contributed by atoms with E-state index in [1.54, 1.807) is 12.1 Å². The van der Waals surface area contributed by atoms with Crippen LogP contribution in [-0.2, 0) is 19.7 Å². The van der Waals surface area contributed by atoms with E-state index in [0.717, 1.165) is 17.7 Å². The molecule has 12 nitrogen and oxygen atoms in total. The number of benzene rings is 3. The minimum absolute atomic E-state index is 0.00186. The smallest absolute Gasteiger partial charge is 0.339 e. The minimum Gasteiger partial charge on any atom is -0.493 e. The first-order chi connectivity index (χ1) is 18.0. The van der Waals surface area contributed by atoms with Crippen molar-refractivity contribution in [2.24, 2.45) is 0 Å². The molecule has 3 aromatic carbocycles. The van der Waals surface area contributed by atoms with Gasteiger partial charge in [0.05, 0.1) is 17.7 Å². The van der Waals surface area contributed by atoms with Gasteiger partial charge in [-0.2, -0.15) is 8.42 Å². The molecule has 13 heteroatoms. The van der Waals surface area contributed by atoms with Crippen LogP contribution in [0.25, 0.3) is 6.08 Å². The summed E-state index contributed by atoms with van der Waals surface area (Å²) in [5.41, 5.74) is 0.488. The Morgan fingerprint density at radius 1 is 0.947 bits per heavy atom. The van der Waals surface area contributed by atoms with Gasteiger partial charge in [-0.1, -0.05) is 23.8 Å². The number of imide groups is 2. The van der Waals surface area contributed by atoms with Gasteiger partial charge < -0.3 is 8.92 Å². The number of nitro groups is 1. The van der Waals surface area contributed by atoms with Gasteiger partial charge in [-0.05, 0) is 55.0 Å². The number of urea groups is 1. The Balaban J connectivity index is 1.64. The van der Waals surface area contributed by atoms with E-state index in [4.69, 9.17) is 8.92 Å². The van der Waals surface area contributed by atoms with Crippen molar-refractivity contribution in [3.8, 4) is 11.5 Å². The molecule has 1 fully saturated rings. The molecule has 1 aliphatic heterocycles. The molecular weight excluding hydrogens is 518 g/mol. The number of ether oxygens (including phenoxy) is 1. The van der Waals surface area contributed by atoms with Crippen molar-refractivity contribution in [3.05, 3.63) is 93.5 Å². The number of nitrogens with zero attached hydrogens (tertiary/aromatic N) is 2. The third kappa shape index (κ3) is 5.22. The third-order valence-electron chi connectivity index (χ3n) is 5.43. The number of nitro benzene ring substituents is 1. The highest BCUT2D eigenvalue weighted by molar-refractivity contribution is 7.87. The normalized spacial score (nSPS) is 14.8. The van der Waals surface area contributed by atoms with E-state index in [-0.39, 0.29) is 33.3 Å². The highest BCUT2D eigenvalue weighted by atomic mass is 32.2. The first-order valence-electron chi connectivity index (χ1n) is 10.9. The highest BCUT2D eigenvalue weighted by Crippen LogP contribution is 2.32. The fourth-order valence-electron chi connectivity index (χ4n) is 3.50. The zero-order valence-corrected chi connectivity index (χ0v) is 20.7. The Hall–Kier alpha value is -5.04. The number of hydrogen-bond acceptors (Lipinski definition) is 9. The lowest BCUT2D eigenvalue weighted by molar-refractivity contribution is -0.384. The first-order valence-corrected chi connectivity index (χ1v) is 12.3. The fourth-order valence-corrected chi connectivity index (χ4v) is 4.44. The number of non-ortho nitro benzene ring substituents is 1. The Bertz CT molecular complexity index is 1600. The molecule has 194 valence electrons. The summed E-state index contributed by atoms with van der Waals surface area (Å²) in [4.78, 5) is 48.8. The van der Waals surface area contributed by atoms with E-state index in [1.807, 2.05) is 12.2 Å². The predicted molar refractivity (Wildman–Crippen MR) is 134 cm³/mol. The number of barbiturate groups is 1. The van der Waals surface area contributed by atoms with Crippen LogP contribution in [0.1, 0.15) is 11.1 Å². The van der Waals surface area contributed by atoms with Gasteiger partial charge in [-0.25, -0.2) is 9.69 Å². The SMILES string of the molecule is COc1cc(/C=C2\C(=O)NC(=O)N(c3ccc([N+](=O)[O-])cc3)C2=O)ccc1OS(=O)(=O)c1ccc(C)cc1. The van der Waals surface area contributed by atoms with Crippen molar-refractivity contribution in [2.75, 3.05) is 12.0 Å². The minimum atomic E-state index is -4.17. The van der Waals surface area contributed by atoms with Crippen molar-refractivity contribution >= 4 is 45.4 Å². The lowest BCUT2D eigenvalue weighted by Gasteiger charge is -2.26. The molecule has 1 aliphatic rings. The van der Waals surface area contributed by atoms with Gasteiger partial charge >= 0.3 is 16.1 Å². The van der Waals surface area contributed by atoms with E-state index in [1.165, 1.54) is 55.7 Å². The van der Waals surface area contributed by atoms with Gasteiger partial charge in [0.1, 0.15) is 10.5 Å². The van der Waals surface area contributed by atoms with Crippen LogP contribution in [0.2, 0.25) is 0 Å². The highest BCUT2D eigenvalue weighted by Gasteiger charge is 2.37. The van der Waals surface area contributed by atoms with E-state index in [9.17, 15) is 32.9 Å². The van der Waals surface area contributed by atoms with Crippen LogP contribution in [0.15, 0.2) is 77.2 Å². The summed E-state index contributed by atoms with van der Waals surface area (Å²) in [7, 11) is -2.89. The van der Waals surface area contributed by atoms with Gasteiger partial charge in [0, 0.05) is 12.1 Å². The molecule has 4 amide bonds. The first kappa shape index (κ1) is 26.0. The van der Waals surface area contributed by atoms with Crippen LogP contribution in [0.4, 0.5) is 16.2 Å². The molecule has 0 unspecified atom stereocenters. The van der Waals surface area contributed by atoms with Crippen molar-refractivity contribution in [1.29, 1.82) is 0 Å². The van der Waals surface area contributed by atoms with Crippen LogP contribution in [0, 0.1) is 17.0 Å². The Morgan fingerprint density at radius 3 is 2.21 bits per heavy atom. The number of hydrogen-bond donors (Lipinski definition) is 1. The summed E-state index contributed by atoms with van der Waals surface area (Å²) >= 11 is 0. The summed E-state index contributed by atoms with van der Waals surface area (Å²) in [6.07, 6.45) is 1.18. The molecule has 0 aromatic heterocycles. The van der Waals surface area contributed by atoms with E-state index in [2.05, 4.69) is 0 Å². The van der Waals surface area contributed by atoms with Crippen molar-refractivity contribution in [1.82, 2.24) is 5.32 Å². The average molecular weight is 538 g/mol. The largest absolute Gasteiger partial charge is 0.493 e. The maximum Gasteiger partial charge on any atom is 0.339 e. The molecule has 0 spiro atoms. The monoisotopic (exact) mass is 537 g/mol. The molecule has 1 saturated heterocycles. The summed E-state index contributed by atoms with van der Waals surface area (Å²) in [6, 6.07) is 13.7. The third-order valence-corrected chi connectivity index (χ3v) is 6.68. The van der Waals surface area contributed by atoms with Crippen LogP contribution >= 0.6 is 0 Å². The van der Waals surface area contributed by atoms with Crippen molar-refractivity contribution < 1.29 is 36.6 Å². The zero-order chi connectivity index (χ0) is 27.6. The number of amides is 4.